The Morgan fingerprint density at radius 3 is 3.00 bits per heavy atom. The zero-order chi connectivity index (χ0) is 12.8. The van der Waals surface area contributed by atoms with Crippen LogP contribution in [0.2, 0.25) is 0 Å². The van der Waals surface area contributed by atoms with E-state index in [1.807, 2.05) is 0 Å². The van der Waals surface area contributed by atoms with Gasteiger partial charge in [-0.1, -0.05) is 24.4 Å². The van der Waals surface area contributed by atoms with Crippen molar-refractivity contribution in [3.63, 3.8) is 0 Å². The lowest BCUT2D eigenvalue weighted by atomic mass is 9.95. The van der Waals surface area contributed by atoms with E-state index in [1.165, 1.54) is 12.7 Å². The predicted molar refractivity (Wildman–Crippen MR) is 65.8 cm³/mol. The Balaban J connectivity index is 1.87. The maximum Gasteiger partial charge on any atom is 0.226 e. The fourth-order valence-electron chi connectivity index (χ4n) is 2.54. The normalized spacial score (nSPS) is 24.5. The van der Waals surface area contributed by atoms with Crippen molar-refractivity contribution in [2.45, 2.75) is 44.6 Å². The van der Waals surface area contributed by atoms with Gasteiger partial charge < -0.3 is 14.9 Å². The summed E-state index contributed by atoms with van der Waals surface area (Å²) in [6.07, 6.45) is 7.09. The number of aliphatic hydroxyl groups is 1. The molecule has 1 aromatic rings. The Bertz CT molecular complexity index is 364. The lowest BCUT2D eigenvalue weighted by molar-refractivity contribution is -0.121. The van der Waals surface area contributed by atoms with Gasteiger partial charge in [-0.3, -0.25) is 4.79 Å². The first-order valence-corrected chi connectivity index (χ1v) is 6.59. The third-order valence-corrected chi connectivity index (χ3v) is 3.57. The van der Waals surface area contributed by atoms with Crippen LogP contribution in [0.15, 0.2) is 16.9 Å². The second-order valence-electron chi connectivity index (χ2n) is 4.92. The van der Waals surface area contributed by atoms with Gasteiger partial charge in [0.2, 0.25) is 5.91 Å². The lowest BCUT2D eigenvalue weighted by Gasteiger charge is -2.24. The Labute approximate surface area is 107 Å². The van der Waals surface area contributed by atoms with Crippen LogP contribution in [0.1, 0.15) is 37.8 Å². The Morgan fingerprint density at radius 1 is 1.44 bits per heavy atom. The first-order chi connectivity index (χ1) is 8.79. The van der Waals surface area contributed by atoms with Gasteiger partial charge in [-0.25, -0.2) is 0 Å². The van der Waals surface area contributed by atoms with E-state index in [0.717, 1.165) is 25.7 Å². The fraction of sp³-hybridized carbons (Fsp3) is 0.692. The van der Waals surface area contributed by atoms with E-state index in [1.54, 1.807) is 6.07 Å². The summed E-state index contributed by atoms with van der Waals surface area (Å²) in [4.78, 5) is 11.9. The zero-order valence-electron chi connectivity index (χ0n) is 10.5. The molecule has 0 bridgehead atoms. The van der Waals surface area contributed by atoms with Crippen molar-refractivity contribution in [1.82, 2.24) is 10.5 Å². The van der Waals surface area contributed by atoms with E-state index in [2.05, 4.69) is 10.5 Å². The second-order valence-corrected chi connectivity index (χ2v) is 4.92. The largest absolute Gasteiger partial charge is 0.396 e. The molecule has 5 nitrogen and oxygen atoms in total. The Hall–Kier alpha value is -1.36. The van der Waals surface area contributed by atoms with Gasteiger partial charge >= 0.3 is 0 Å². The van der Waals surface area contributed by atoms with Gasteiger partial charge in [-0.15, -0.1) is 0 Å². The fourth-order valence-corrected chi connectivity index (χ4v) is 2.54. The standard InChI is InChI=1S/C13H20N2O3/c16-9-10-4-2-1-3-5-12(10)14-13(17)8-11-6-7-18-15-11/h6-7,10,12,16H,1-5,8-9H2,(H,14,17)/t10-,12-/m0/s1. The van der Waals surface area contributed by atoms with Crippen LogP contribution in [-0.2, 0) is 11.2 Å². The predicted octanol–water partition coefficient (Wildman–Crippen LogP) is 1.27. The molecule has 2 N–H and O–H groups in total. The number of rotatable bonds is 4. The summed E-state index contributed by atoms with van der Waals surface area (Å²) in [7, 11) is 0. The minimum atomic E-state index is -0.0470. The van der Waals surface area contributed by atoms with Gasteiger partial charge in [0.1, 0.15) is 6.26 Å². The molecule has 1 heterocycles. The molecule has 1 fully saturated rings. The summed E-state index contributed by atoms with van der Waals surface area (Å²) in [5.41, 5.74) is 0.640. The molecule has 0 aliphatic heterocycles. The number of carbonyl (C=O) groups is 1. The number of amides is 1. The third-order valence-electron chi connectivity index (χ3n) is 3.57. The minimum absolute atomic E-state index is 0.0470. The monoisotopic (exact) mass is 252 g/mol. The quantitative estimate of drug-likeness (QED) is 0.791. The molecule has 1 amide bonds. The zero-order valence-corrected chi connectivity index (χ0v) is 10.5. The summed E-state index contributed by atoms with van der Waals surface area (Å²) in [6, 6.07) is 1.79. The van der Waals surface area contributed by atoms with Crippen LogP contribution >= 0.6 is 0 Å². The summed E-state index contributed by atoms with van der Waals surface area (Å²) in [5.74, 6) is 0.142. The molecule has 1 aliphatic carbocycles. The van der Waals surface area contributed by atoms with E-state index in [-0.39, 0.29) is 30.9 Å². The highest BCUT2D eigenvalue weighted by Crippen LogP contribution is 2.23. The van der Waals surface area contributed by atoms with Crippen molar-refractivity contribution in [2.75, 3.05) is 6.61 Å². The van der Waals surface area contributed by atoms with Gasteiger partial charge in [-0.05, 0) is 12.8 Å². The number of aliphatic hydroxyl groups excluding tert-OH is 1. The lowest BCUT2D eigenvalue weighted by Crippen LogP contribution is -2.41. The topological polar surface area (TPSA) is 75.4 Å². The highest BCUT2D eigenvalue weighted by atomic mass is 16.5. The van der Waals surface area contributed by atoms with Crippen molar-refractivity contribution in [2.24, 2.45) is 5.92 Å². The molecule has 0 aromatic carbocycles. The van der Waals surface area contributed by atoms with Crippen molar-refractivity contribution in [3.8, 4) is 0 Å². The molecule has 0 spiro atoms. The summed E-state index contributed by atoms with van der Waals surface area (Å²) >= 11 is 0. The molecular weight excluding hydrogens is 232 g/mol. The van der Waals surface area contributed by atoms with Crippen molar-refractivity contribution in [3.05, 3.63) is 18.0 Å². The number of hydrogen-bond acceptors (Lipinski definition) is 4. The average molecular weight is 252 g/mol. The number of hydrogen-bond donors (Lipinski definition) is 2. The summed E-state index contributed by atoms with van der Waals surface area (Å²) in [5, 5.41) is 16.1. The van der Waals surface area contributed by atoms with Crippen LogP contribution in [-0.4, -0.2) is 28.8 Å². The molecule has 0 unspecified atom stereocenters. The van der Waals surface area contributed by atoms with E-state index in [0.29, 0.717) is 5.69 Å². The Kier molecular flexibility index (Phi) is 4.75. The maximum atomic E-state index is 11.9. The number of nitrogens with zero attached hydrogens (tertiary/aromatic N) is 1. The first kappa shape index (κ1) is 13.1. The van der Waals surface area contributed by atoms with Gasteiger partial charge in [0.05, 0.1) is 12.1 Å². The molecule has 2 rings (SSSR count). The summed E-state index contributed by atoms with van der Waals surface area (Å²) in [6.45, 7) is 0.148. The molecule has 0 radical (unpaired) electrons. The van der Waals surface area contributed by atoms with E-state index >= 15 is 0 Å². The third kappa shape index (κ3) is 3.57. The van der Waals surface area contributed by atoms with Gasteiger partial charge in [0.25, 0.3) is 0 Å². The van der Waals surface area contributed by atoms with Crippen LogP contribution in [0.25, 0.3) is 0 Å². The van der Waals surface area contributed by atoms with Crippen molar-refractivity contribution < 1.29 is 14.4 Å². The number of carbonyl (C=O) groups excluding carboxylic acids is 1. The van der Waals surface area contributed by atoms with Crippen LogP contribution in [0.5, 0.6) is 0 Å². The van der Waals surface area contributed by atoms with E-state index in [9.17, 15) is 9.90 Å². The smallest absolute Gasteiger partial charge is 0.226 e. The minimum Gasteiger partial charge on any atom is -0.396 e. The first-order valence-electron chi connectivity index (χ1n) is 6.59. The second kappa shape index (κ2) is 6.54. The summed E-state index contributed by atoms with van der Waals surface area (Å²) < 4.78 is 4.70. The maximum absolute atomic E-state index is 11.9. The SMILES string of the molecule is O=C(Cc1ccon1)N[C@H]1CCCCC[C@H]1CO. The molecule has 1 saturated carbocycles. The molecular formula is C13H20N2O3. The number of aromatic nitrogens is 1. The molecule has 1 aromatic heterocycles. The van der Waals surface area contributed by atoms with Crippen LogP contribution < -0.4 is 5.32 Å². The van der Waals surface area contributed by atoms with Crippen molar-refractivity contribution in [1.29, 1.82) is 0 Å². The van der Waals surface area contributed by atoms with Crippen LogP contribution in [0, 0.1) is 5.92 Å². The van der Waals surface area contributed by atoms with E-state index in [4.69, 9.17) is 4.52 Å². The van der Waals surface area contributed by atoms with Crippen LogP contribution in [0.3, 0.4) is 0 Å². The van der Waals surface area contributed by atoms with Gasteiger partial charge in [0, 0.05) is 24.6 Å². The highest BCUT2D eigenvalue weighted by Gasteiger charge is 2.24. The Morgan fingerprint density at radius 2 is 2.28 bits per heavy atom. The van der Waals surface area contributed by atoms with Gasteiger partial charge in [-0.2, -0.15) is 0 Å². The molecule has 100 valence electrons. The van der Waals surface area contributed by atoms with Gasteiger partial charge in [0.15, 0.2) is 0 Å². The average Bonchev–Trinajstić information content (AvgIpc) is 2.75. The number of nitrogens with one attached hydrogen (secondary N) is 1. The highest BCUT2D eigenvalue weighted by molar-refractivity contribution is 5.78. The van der Waals surface area contributed by atoms with Crippen LogP contribution in [0.4, 0.5) is 0 Å². The molecule has 18 heavy (non-hydrogen) atoms. The molecule has 0 saturated heterocycles. The molecule has 5 heteroatoms. The molecule has 1 aliphatic rings. The molecule has 2 atom stereocenters. The van der Waals surface area contributed by atoms with E-state index < -0.39 is 0 Å². The van der Waals surface area contributed by atoms with Crippen molar-refractivity contribution >= 4 is 5.91 Å².